The van der Waals surface area contributed by atoms with Gasteiger partial charge in [0.2, 0.25) is 0 Å². The third-order valence-electron chi connectivity index (χ3n) is 2.74. The van der Waals surface area contributed by atoms with Crippen LogP contribution in [-0.4, -0.2) is 19.1 Å². The number of hydrogen-bond donors (Lipinski definition) is 0. The predicted molar refractivity (Wildman–Crippen MR) is 78.4 cm³/mol. The van der Waals surface area contributed by atoms with Crippen molar-refractivity contribution in [3.63, 3.8) is 0 Å². The van der Waals surface area contributed by atoms with Gasteiger partial charge in [-0.3, -0.25) is 0 Å². The summed E-state index contributed by atoms with van der Waals surface area (Å²) in [6, 6.07) is 3.94. The van der Waals surface area contributed by atoms with Crippen LogP contribution in [0.15, 0.2) is 37.1 Å². The van der Waals surface area contributed by atoms with Crippen molar-refractivity contribution in [1.82, 2.24) is 19.1 Å². The van der Waals surface area contributed by atoms with Crippen molar-refractivity contribution >= 4 is 22.5 Å². The van der Waals surface area contributed by atoms with Crippen LogP contribution in [0.2, 0.25) is 5.15 Å². The molecule has 0 atom stereocenters. The van der Waals surface area contributed by atoms with Crippen LogP contribution >= 0.6 is 11.6 Å². The van der Waals surface area contributed by atoms with E-state index in [1.54, 1.807) is 12.5 Å². The molecule has 0 N–H and O–H groups in total. The highest BCUT2D eigenvalue weighted by molar-refractivity contribution is 6.34. The zero-order valence-electron chi connectivity index (χ0n) is 11.3. The maximum atomic E-state index is 6.03. The number of aromatic nitrogens is 4. The highest BCUT2D eigenvalue weighted by Gasteiger charge is 2.06. The first-order valence-electron chi connectivity index (χ1n) is 6.30. The molecule has 3 aromatic rings. The molecular formula is C14H17ClN4. The number of imidazole rings is 1. The van der Waals surface area contributed by atoms with Gasteiger partial charge in [-0.1, -0.05) is 25.4 Å². The number of fused-ring (bicyclic) bond motifs is 1. The Labute approximate surface area is 117 Å². The van der Waals surface area contributed by atoms with Crippen molar-refractivity contribution in [2.45, 2.75) is 20.4 Å². The third-order valence-corrected chi connectivity index (χ3v) is 3.04. The van der Waals surface area contributed by atoms with Gasteiger partial charge in [-0.05, 0) is 12.1 Å². The molecule has 100 valence electrons. The van der Waals surface area contributed by atoms with Crippen molar-refractivity contribution < 1.29 is 0 Å². The van der Waals surface area contributed by atoms with Gasteiger partial charge < -0.3 is 9.13 Å². The molecule has 5 heteroatoms. The Morgan fingerprint density at radius 3 is 2.68 bits per heavy atom. The van der Waals surface area contributed by atoms with Crippen LogP contribution < -0.4 is 0 Å². The number of rotatable bonds is 2. The Balaban J connectivity index is 0.000000637. The van der Waals surface area contributed by atoms with Crippen molar-refractivity contribution in [3.8, 4) is 0 Å². The van der Waals surface area contributed by atoms with E-state index in [1.165, 1.54) is 0 Å². The number of hydrogen-bond acceptors (Lipinski definition) is 2. The third kappa shape index (κ3) is 2.79. The quantitative estimate of drug-likeness (QED) is 0.672. The van der Waals surface area contributed by atoms with Crippen LogP contribution in [-0.2, 0) is 13.6 Å². The summed E-state index contributed by atoms with van der Waals surface area (Å²) in [5.74, 6) is 0. The van der Waals surface area contributed by atoms with Crippen LogP contribution in [0.25, 0.3) is 10.9 Å². The summed E-state index contributed by atoms with van der Waals surface area (Å²) in [5.41, 5.74) is 2.11. The summed E-state index contributed by atoms with van der Waals surface area (Å²) in [6.07, 6.45) is 7.54. The van der Waals surface area contributed by atoms with Crippen LogP contribution in [0.5, 0.6) is 0 Å². The maximum Gasteiger partial charge on any atom is 0.138 e. The van der Waals surface area contributed by atoms with Gasteiger partial charge in [0.15, 0.2) is 0 Å². The molecule has 0 saturated carbocycles. The first kappa shape index (κ1) is 13.6. The second-order valence-corrected chi connectivity index (χ2v) is 4.37. The number of pyridine rings is 1. The monoisotopic (exact) mass is 276 g/mol. The van der Waals surface area contributed by atoms with Gasteiger partial charge in [-0.2, -0.15) is 0 Å². The molecule has 0 fully saturated rings. The molecule has 0 spiro atoms. The van der Waals surface area contributed by atoms with Crippen LogP contribution in [0.4, 0.5) is 0 Å². The zero-order chi connectivity index (χ0) is 13.8. The Hall–Kier alpha value is -1.81. The molecule has 0 aromatic carbocycles. The van der Waals surface area contributed by atoms with E-state index < -0.39 is 0 Å². The van der Waals surface area contributed by atoms with Gasteiger partial charge in [0.05, 0.1) is 24.1 Å². The summed E-state index contributed by atoms with van der Waals surface area (Å²) < 4.78 is 4.06. The van der Waals surface area contributed by atoms with Gasteiger partial charge >= 0.3 is 0 Å². The molecule has 0 saturated heterocycles. The second kappa shape index (κ2) is 5.89. The summed E-state index contributed by atoms with van der Waals surface area (Å²) in [7, 11) is 1.96. The van der Waals surface area contributed by atoms with Gasteiger partial charge in [0.1, 0.15) is 5.15 Å². The van der Waals surface area contributed by atoms with E-state index >= 15 is 0 Å². The minimum atomic E-state index is 0.544. The molecule has 0 aliphatic carbocycles. The van der Waals surface area contributed by atoms with Crippen LogP contribution in [0, 0.1) is 0 Å². The second-order valence-electron chi connectivity index (χ2n) is 4.01. The first-order chi connectivity index (χ1) is 9.24. The molecule has 0 aliphatic heterocycles. The Bertz CT molecular complexity index is 669. The van der Waals surface area contributed by atoms with Crippen molar-refractivity contribution in [2.24, 2.45) is 7.05 Å². The molecule has 3 rings (SSSR count). The molecule has 0 radical (unpaired) electrons. The fraction of sp³-hybridized carbons (Fsp3) is 0.286. The molecule has 3 heterocycles. The SMILES string of the molecule is CC.Cn1cnc(Cn2ccc3c(Cl)nccc32)c1. The van der Waals surface area contributed by atoms with E-state index in [-0.39, 0.29) is 0 Å². The minimum Gasteiger partial charge on any atom is -0.341 e. The molecule has 0 aliphatic rings. The smallest absolute Gasteiger partial charge is 0.138 e. The van der Waals surface area contributed by atoms with Crippen LogP contribution in [0.3, 0.4) is 0 Å². The molecule has 0 bridgehead atoms. The summed E-state index contributed by atoms with van der Waals surface area (Å²) in [6.45, 7) is 4.74. The van der Waals surface area contributed by atoms with E-state index in [0.717, 1.165) is 23.1 Å². The zero-order valence-corrected chi connectivity index (χ0v) is 12.1. The van der Waals surface area contributed by atoms with Gasteiger partial charge in [-0.25, -0.2) is 9.97 Å². The average molecular weight is 277 g/mol. The maximum absolute atomic E-state index is 6.03. The Kier molecular flexibility index (Phi) is 4.22. The lowest BCUT2D eigenvalue weighted by Gasteiger charge is -2.02. The molecule has 19 heavy (non-hydrogen) atoms. The minimum absolute atomic E-state index is 0.544. The van der Waals surface area contributed by atoms with E-state index in [2.05, 4.69) is 14.5 Å². The van der Waals surface area contributed by atoms with Crippen molar-refractivity contribution in [2.75, 3.05) is 0 Å². The number of nitrogens with zero attached hydrogens (tertiary/aromatic N) is 4. The first-order valence-corrected chi connectivity index (χ1v) is 6.68. The van der Waals surface area contributed by atoms with Crippen molar-refractivity contribution in [1.29, 1.82) is 0 Å². The molecule has 4 nitrogen and oxygen atoms in total. The van der Waals surface area contributed by atoms with E-state index in [1.807, 2.05) is 50.0 Å². The lowest BCUT2D eigenvalue weighted by atomic mass is 10.3. The summed E-state index contributed by atoms with van der Waals surface area (Å²) in [5, 5.41) is 1.52. The summed E-state index contributed by atoms with van der Waals surface area (Å²) in [4.78, 5) is 8.38. The van der Waals surface area contributed by atoms with Crippen molar-refractivity contribution in [3.05, 3.63) is 47.9 Å². The fourth-order valence-electron chi connectivity index (χ4n) is 1.95. The lowest BCUT2D eigenvalue weighted by Crippen LogP contribution is -1.98. The summed E-state index contributed by atoms with van der Waals surface area (Å²) >= 11 is 6.03. The molecule has 0 amide bonds. The largest absolute Gasteiger partial charge is 0.341 e. The van der Waals surface area contributed by atoms with E-state index in [9.17, 15) is 0 Å². The van der Waals surface area contributed by atoms with Gasteiger partial charge in [-0.15, -0.1) is 0 Å². The van der Waals surface area contributed by atoms with Gasteiger partial charge in [0.25, 0.3) is 0 Å². The molecule has 3 aromatic heterocycles. The van der Waals surface area contributed by atoms with E-state index in [4.69, 9.17) is 11.6 Å². The Morgan fingerprint density at radius 2 is 2.00 bits per heavy atom. The highest BCUT2D eigenvalue weighted by Crippen LogP contribution is 2.22. The number of halogens is 1. The predicted octanol–water partition coefficient (Wildman–Crippen LogP) is 3.50. The topological polar surface area (TPSA) is 35.6 Å². The normalized spacial score (nSPS) is 10.3. The number of aryl methyl sites for hydroxylation is 1. The van der Waals surface area contributed by atoms with Gasteiger partial charge in [0, 0.05) is 31.0 Å². The Morgan fingerprint density at radius 1 is 1.21 bits per heavy atom. The van der Waals surface area contributed by atoms with Crippen LogP contribution in [0.1, 0.15) is 19.5 Å². The highest BCUT2D eigenvalue weighted by atomic mass is 35.5. The standard InChI is InChI=1S/C12H11ClN4.C2H6/c1-16-6-9(15-8-16)7-17-5-3-10-11(17)2-4-14-12(10)13;1-2/h2-6,8H,7H2,1H3;1-2H3. The fourth-order valence-corrected chi connectivity index (χ4v) is 2.16. The lowest BCUT2D eigenvalue weighted by molar-refractivity contribution is 0.811. The van der Waals surface area contributed by atoms with E-state index in [0.29, 0.717) is 5.15 Å². The molecule has 0 unspecified atom stereocenters. The molecular weight excluding hydrogens is 260 g/mol. The average Bonchev–Trinajstić information content (AvgIpc) is 3.01.